The van der Waals surface area contributed by atoms with Gasteiger partial charge in [-0.15, -0.1) is 11.3 Å². The number of hydrogen-bond donors (Lipinski definition) is 2. The number of nitrogens with zero attached hydrogens (tertiary/aromatic N) is 2. The van der Waals surface area contributed by atoms with E-state index in [0.29, 0.717) is 17.7 Å². The Morgan fingerprint density at radius 2 is 2.08 bits per heavy atom. The minimum atomic E-state index is -0.123. The summed E-state index contributed by atoms with van der Waals surface area (Å²) in [5, 5.41) is 5.96. The Morgan fingerprint density at radius 3 is 2.92 bits per heavy atom. The van der Waals surface area contributed by atoms with Crippen molar-refractivity contribution in [3.05, 3.63) is 35.0 Å². The molecule has 1 saturated heterocycles. The van der Waals surface area contributed by atoms with E-state index >= 15 is 0 Å². The highest BCUT2D eigenvalue weighted by Crippen LogP contribution is 2.26. The molecule has 1 aromatic heterocycles. The molecule has 2 aliphatic rings. The van der Waals surface area contributed by atoms with Gasteiger partial charge in [0.1, 0.15) is 5.70 Å². The van der Waals surface area contributed by atoms with E-state index in [2.05, 4.69) is 27.5 Å². The van der Waals surface area contributed by atoms with Crippen molar-refractivity contribution in [2.75, 3.05) is 0 Å². The third-order valence-electron chi connectivity index (χ3n) is 4.69. The number of rotatable bonds is 2. The Kier molecular flexibility index (Phi) is 4.06. The zero-order chi connectivity index (χ0) is 16.5. The van der Waals surface area contributed by atoms with Crippen molar-refractivity contribution in [1.82, 2.24) is 15.6 Å². The number of guanidine groups is 1. The first kappa shape index (κ1) is 15.3. The first-order chi connectivity index (χ1) is 11.7. The quantitative estimate of drug-likeness (QED) is 0.825. The molecule has 0 unspecified atom stereocenters. The highest BCUT2D eigenvalue weighted by Gasteiger charge is 2.24. The van der Waals surface area contributed by atoms with E-state index in [9.17, 15) is 4.79 Å². The number of carbonyl (C=O) groups excluding carboxylic acids is 1. The lowest BCUT2D eigenvalue weighted by Crippen LogP contribution is -2.28. The lowest BCUT2D eigenvalue weighted by molar-refractivity contribution is -0.115. The molecule has 24 heavy (non-hydrogen) atoms. The maximum Gasteiger partial charge on any atom is 0.274 e. The van der Waals surface area contributed by atoms with Crippen LogP contribution in [-0.4, -0.2) is 22.9 Å². The number of fused-ring (bicyclic) bond motifs is 1. The minimum Gasteiger partial charge on any atom is -0.321 e. The van der Waals surface area contributed by atoms with Gasteiger partial charge in [0.2, 0.25) is 5.96 Å². The molecule has 124 valence electrons. The summed E-state index contributed by atoms with van der Waals surface area (Å²) >= 11 is 1.60. The molecule has 0 spiro atoms. The van der Waals surface area contributed by atoms with Crippen LogP contribution >= 0.6 is 11.3 Å². The normalized spacial score (nSPS) is 27.6. The number of aliphatic imine (C=N–C) groups is 1. The molecule has 2 aromatic rings. The second-order valence-electron chi connectivity index (χ2n) is 6.61. The Balaban J connectivity index is 1.51. The van der Waals surface area contributed by atoms with Crippen LogP contribution in [0.15, 0.2) is 34.4 Å². The fraction of sp³-hybridized carbons (Fsp3) is 0.389. The fourth-order valence-electron chi connectivity index (χ4n) is 3.24. The molecular formula is C18H20N4OS. The standard InChI is InChI=1S/C18H20N4OS/c1-11-2-5-13(6-3-11)20-18-21-15(17(23)22-18)8-12-4-7-14-16(9-12)24-10-19-14/h4,7-11,13H,2-3,5-6H2,1H3,(H2,20,21,22,23)/b15-8-. The molecule has 2 heterocycles. The van der Waals surface area contributed by atoms with Gasteiger partial charge < -0.3 is 5.32 Å². The number of hydrogen-bond acceptors (Lipinski definition) is 4. The van der Waals surface area contributed by atoms with E-state index in [0.717, 1.165) is 34.5 Å². The molecule has 0 atom stereocenters. The van der Waals surface area contributed by atoms with Gasteiger partial charge in [-0.3, -0.25) is 10.1 Å². The van der Waals surface area contributed by atoms with Gasteiger partial charge in [-0.25, -0.2) is 9.98 Å². The Bertz CT molecular complexity index is 830. The molecular weight excluding hydrogens is 320 g/mol. The van der Waals surface area contributed by atoms with Crippen molar-refractivity contribution in [3.63, 3.8) is 0 Å². The van der Waals surface area contributed by atoms with E-state index < -0.39 is 0 Å². The molecule has 0 bridgehead atoms. The molecule has 0 radical (unpaired) electrons. The molecule has 2 fully saturated rings. The Hall–Kier alpha value is -2.21. The zero-order valence-electron chi connectivity index (χ0n) is 13.6. The van der Waals surface area contributed by atoms with Crippen LogP contribution in [0.25, 0.3) is 16.3 Å². The summed E-state index contributed by atoms with van der Waals surface area (Å²) in [6.07, 6.45) is 6.49. The van der Waals surface area contributed by atoms with Gasteiger partial charge >= 0.3 is 0 Å². The number of aromatic nitrogens is 1. The van der Waals surface area contributed by atoms with E-state index in [4.69, 9.17) is 0 Å². The van der Waals surface area contributed by atoms with E-state index in [1.165, 1.54) is 12.8 Å². The number of thiazole rings is 1. The Labute approximate surface area is 144 Å². The van der Waals surface area contributed by atoms with Gasteiger partial charge in [0.15, 0.2) is 0 Å². The molecule has 6 heteroatoms. The van der Waals surface area contributed by atoms with Crippen molar-refractivity contribution in [2.45, 2.75) is 38.6 Å². The summed E-state index contributed by atoms with van der Waals surface area (Å²) < 4.78 is 1.12. The summed E-state index contributed by atoms with van der Waals surface area (Å²) in [6, 6.07) is 6.31. The predicted molar refractivity (Wildman–Crippen MR) is 97.7 cm³/mol. The fourth-order valence-corrected chi connectivity index (χ4v) is 3.96. The highest BCUT2D eigenvalue weighted by atomic mass is 32.1. The lowest BCUT2D eigenvalue weighted by atomic mass is 9.88. The number of amides is 1. The summed E-state index contributed by atoms with van der Waals surface area (Å²) in [5.41, 5.74) is 4.34. The largest absolute Gasteiger partial charge is 0.321 e. The third kappa shape index (κ3) is 3.19. The van der Waals surface area contributed by atoms with Gasteiger partial charge in [-0.1, -0.05) is 13.0 Å². The number of benzene rings is 1. The van der Waals surface area contributed by atoms with Gasteiger partial charge in [-0.2, -0.15) is 0 Å². The van der Waals surface area contributed by atoms with E-state index in [1.807, 2.05) is 29.8 Å². The first-order valence-corrected chi connectivity index (χ1v) is 9.26. The van der Waals surface area contributed by atoms with Crippen LogP contribution in [0.2, 0.25) is 0 Å². The second-order valence-corrected chi connectivity index (χ2v) is 7.49. The monoisotopic (exact) mass is 340 g/mol. The van der Waals surface area contributed by atoms with Crippen LogP contribution in [0.4, 0.5) is 0 Å². The zero-order valence-corrected chi connectivity index (χ0v) is 14.4. The number of nitrogens with one attached hydrogen (secondary N) is 2. The van der Waals surface area contributed by atoms with Crippen molar-refractivity contribution in [3.8, 4) is 0 Å². The first-order valence-electron chi connectivity index (χ1n) is 8.38. The van der Waals surface area contributed by atoms with Crippen molar-refractivity contribution in [2.24, 2.45) is 10.9 Å². The van der Waals surface area contributed by atoms with Gasteiger partial charge in [0, 0.05) is 0 Å². The molecule has 1 aliphatic heterocycles. The maximum absolute atomic E-state index is 12.2. The topological polar surface area (TPSA) is 66.4 Å². The predicted octanol–water partition coefficient (Wildman–Crippen LogP) is 3.29. The molecule has 5 nitrogen and oxygen atoms in total. The number of carbonyl (C=O) groups is 1. The molecule has 1 saturated carbocycles. The maximum atomic E-state index is 12.2. The summed E-state index contributed by atoms with van der Waals surface area (Å²) in [4.78, 5) is 21.1. The van der Waals surface area contributed by atoms with Crippen LogP contribution in [0.1, 0.15) is 38.2 Å². The second kappa shape index (κ2) is 6.36. The third-order valence-corrected chi connectivity index (χ3v) is 5.48. The van der Waals surface area contributed by atoms with Crippen molar-refractivity contribution >= 4 is 39.5 Å². The van der Waals surface area contributed by atoms with Crippen LogP contribution in [0.3, 0.4) is 0 Å². The molecule has 4 rings (SSSR count). The minimum absolute atomic E-state index is 0.123. The van der Waals surface area contributed by atoms with Crippen LogP contribution in [-0.2, 0) is 4.79 Å². The SMILES string of the molecule is CC1CCC(N=C2NC(=O)/C(=C/c3ccc4ncsc4c3)N2)CC1. The lowest BCUT2D eigenvalue weighted by Gasteiger charge is -2.23. The van der Waals surface area contributed by atoms with Crippen molar-refractivity contribution < 1.29 is 4.79 Å². The van der Waals surface area contributed by atoms with Crippen LogP contribution in [0, 0.1) is 5.92 Å². The van der Waals surface area contributed by atoms with Gasteiger partial charge in [0.05, 0.1) is 21.8 Å². The average Bonchev–Trinajstić information content (AvgIpc) is 3.16. The smallest absolute Gasteiger partial charge is 0.274 e. The van der Waals surface area contributed by atoms with Crippen LogP contribution in [0.5, 0.6) is 0 Å². The summed E-state index contributed by atoms with van der Waals surface area (Å²) in [7, 11) is 0. The molecule has 1 amide bonds. The Morgan fingerprint density at radius 1 is 1.25 bits per heavy atom. The average molecular weight is 340 g/mol. The van der Waals surface area contributed by atoms with E-state index in [-0.39, 0.29) is 5.91 Å². The van der Waals surface area contributed by atoms with E-state index in [1.54, 1.807) is 11.3 Å². The van der Waals surface area contributed by atoms with Crippen molar-refractivity contribution in [1.29, 1.82) is 0 Å². The summed E-state index contributed by atoms with van der Waals surface area (Å²) in [5.74, 6) is 1.26. The molecule has 2 N–H and O–H groups in total. The summed E-state index contributed by atoms with van der Waals surface area (Å²) in [6.45, 7) is 2.29. The molecule has 1 aromatic carbocycles. The van der Waals surface area contributed by atoms with Gasteiger partial charge in [0.25, 0.3) is 5.91 Å². The van der Waals surface area contributed by atoms with Gasteiger partial charge in [-0.05, 0) is 55.4 Å². The highest BCUT2D eigenvalue weighted by molar-refractivity contribution is 7.16. The van der Waals surface area contributed by atoms with Crippen LogP contribution < -0.4 is 10.6 Å². The molecule has 1 aliphatic carbocycles.